The zero-order chi connectivity index (χ0) is 12.2. The van der Waals surface area contributed by atoms with Crippen molar-refractivity contribution in [1.29, 1.82) is 0 Å². The summed E-state index contributed by atoms with van der Waals surface area (Å²) in [5, 5.41) is 13.6. The Bertz CT molecular complexity index is 486. The molecule has 2 aliphatic carbocycles. The van der Waals surface area contributed by atoms with Crippen molar-refractivity contribution in [3.05, 3.63) is 29.3 Å². The van der Waals surface area contributed by atoms with E-state index < -0.39 is 0 Å². The molecule has 0 aromatic heterocycles. The van der Waals surface area contributed by atoms with Gasteiger partial charge in [-0.2, -0.15) is 0 Å². The van der Waals surface area contributed by atoms with Crippen molar-refractivity contribution >= 4 is 12.4 Å². The summed E-state index contributed by atoms with van der Waals surface area (Å²) in [4.78, 5) is 0. The van der Waals surface area contributed by atoms with Crippen molar-refractivity contribution in [1.82, 2.24) is 5.32 Å². The smallest absolute Gasteiger partial charge is 0.115 e. The van der Waals surface area contributed by atoms with E-state index in [1.165, 1.54) is 43.2 Å². The van der Waals surface area contributed by atoms with Crippen LogP contribution >= 0.6 is 12.4 Å². The number of phenols is 1. The molecule has 3 aliphatic rings. The molecule has 1 saturated heterocycles. The summed E-state index contributed by atoms with van der Waals surface area (Å²) in [6.07, 6.45) is 7.85. The molecule has 2 fully saturated rings. The first kappa shape index (κ1) is 13.3. The van der Waals surface area contributed by atoms with Crippen LogP contribution in [0.15, 0.2) is 18.2 Å². The highest BCUT2D eigenvalue weighted by molar-refractivity contribution is 5.85. The molecule has 2 nitrogen and oxygen atoms in total. The Hall–Kier alpha value is -0.730. The average Bonchev–Trinajstić information content (AvgIpc) is 2.40. The van der Waals surface area contributed by atoms with Gasteiger partial charge in [-0.25, -0.2) is 0 Å². The van der Waals surface area contributed by atoms with Crippen molar-refractivity contribution in [3.8, 4) is 5.75 Å². The van der Waals surface area contributed by atoms with Gasteiger partial charge in [-0.3, -0.25) is 0 Å². The minimum atomic E-state index is 0. The summed E-state index contributed by atoms with van der Waals surface area (Å²) in [6, 6.07) is 6.75. The van der Waals surface area contributed by atoms with Gasteiger partial charge in [0.2, 0.25) is 0 Å². The van der Waals surface area contributed by atoms with Gasteiger partial charge in [-0.1, -0.05) is 18.9 Å². The number of nitrogens with one attached hydrogen (secondary N) is 1. The Morgan fingerprint density at radius 1 is 1.21 bits per heavy atom. The van der Waals surface area contributed by atoms with Crippen LogP contribution in [0.1, 0.15) is 43.2 Å². The number of rotatable bonds is 0. The van der Waals surface area contributed by atoms with E-state index in [1.807, 2.05) is 6.07 Å². The standard InChI is InChI=1S/C16H21NO.ClH/c18-12-5-4-11-9-15-13-3-1-2-6-16(13,7-8-17-15)14(11)10-12;/h4-5,10,13,15,17-18H,1-3,6-9H2;1H/t13-,15+,16+;/m0./s1. The second-order valence-electron chi connectivity index (χ2n) is 6.36. The first-order valence-corrected chi connectivity index (χ1v) is 7.35. The van der Waals surface area contributed by atoms with E-state index in [1.54, 1.807) is 0 Å². The van der Waals surface area contributed by atoms with Crippen LogP contribution < -0.4 is 5.32 Å². The fourth-order valence-electron chi connectivity index (χ4n) is 4.91. The third-order valence-corrected chi connectivity index (χ3v) is 5.63. The van der Waals surface area contributed by atoms with E-state index in [2.05, 4.69) is 17.4 Å². The molecular formula is C16H22ClNO. The third-order valence-electron chi connectivity index (χ3n) is 5.63. The van der Waals surface area contributed by atoms with Crippen LogP contribution in [0.5, 0.6) is 5.75 Å². The fourth-order valence-corrected chi connectivity index (χ4v) is 4.91. The van der Waals surface area contributed by atoms with Gasteiger partial charge in [0.15, 0.2) is 0 Å². The maximum absolute atomic E-state index is 9.86. The summed E-state index contributed by atoms with van der Waals surface area (Å²) in [5.41, 5.74) is 3.33. The topological polar surface area (TPSA) is 32.3 Å². The van der Waals surface area contributed by atoms with E-state index in [4.69, 9.17) is 0 Å². The second kappa shape index (κ2) is 4.68. The van der Waals surface area contributed by atoms with Gasteiger partial charge in [0.05, 0.1) is 0 Å². The lowest BCUT2D eigenvalue weighted by atomic mass is 9.53. The largest absolute Gasteiger partial charge is 0.508 e. The van der Waals surface area contributed by atoms with Gasteiger partial charge in [-0.15, -0.1) is 12.4 Å². The highest BCUT2D eigenvalue weighted by Crippen LogP contribution is 2.54. The molecule has 1 heterocycles. The number of aromatic hydroxyl groups is 1. The number of halogens is 1. The molecule has 3 atom stereocenters. The summed E-state index contributed by atoms with van der Waals surface area (Å²) in [5.74, 6) is 1.25. The molecule has 2 N–H and O–H groups in total. The van der Waals surface area contributed by atoms with Crippen LogP contribution in [0.2, 0.25) is 0 Å². The van der Waals surface area contributed by atoms with E-state index in [-0.39, 0.29) is 12.4 Å². The zero-order valence-electron chi connectivity index (χ0n) is 11.2. The molecule has 3 heteroatoms. The number of hydrogen-bond donors (Lipinski definition) is 2. The van der Waals surface area contributed by atoms with Crippen LogP contribution in [-0.2, 0) is 11.8 Å². The molecule has 1 saturated carbocycles. The SMILES string of the molecule is Cl.Oc1ccc2c(c1)[C@@]13CCCC[C@H]1[C@@H](C2)NCC3. The Balaban J connectivity index is 0.00000110. The Morgan fingerprint density at radius 3 is 3.00 bits per heavy atom. The number of hydrogen-bond acceptors (Lipinski definition) is 2. The number of benzene rings is 1. The van der Waals surface area contributed by atoms with Crippen molar-refractivity contribution in [2.24, 2.45) is 5.92 Å². The van der Waals surface area contributed by atoms with Crippen LogP contribution in [0.3, 0.4) is 0 Å². The lowest BCUT2D eigenvalue weighted by Gasteiger charge is -2.56. The molecular weight excluding hydrogens is 258 g/mol. The lowest BCUT2D eigenvalue weighted by Crippen LogP contribution is -2.59. The summed E-state index contributed by atoms with van der Waals surface area (Å²) >= 11 is 0. The quantitative estimate of drug-likeness (QED) is 0.765. The van der Waals surface area contributed by atoms with Crippen molar-refractivity contribution in [2.45, 2.75) is 50.0 Å². The van der Waals surface area contributed by atoms with Crippen LogP contribution in [0.4, 0.5) is 0 Å². The Kier molecular flexibility index (Phi) is 3.26. The first-order valence-electron chi connectivity index (χ1n) is 7.35. The van der Waals surface area contributed by atoms with Gasteiger partial charge < -0.3 is 10.4 Å². The van der Waals surface area contributed by atoms with Crippen LogP contribution in [-0.4, -0.2) is 17.7 Å². The Labute approximate surface area is 121 Å². The van der Waals surface area contributed by atoms with Crippen molar-refractivity contribution in [2.75, 3.05) is 6.54 Å². The predicted molar refractivity (Wildman–Crippen MR) is 79.1 cm³/mol. The molecule has 104 valence electrons. The molecule has 2 bridgehead atoms. The fraction of sp³-hybridized carbons (Fsp3) is 0.625. The summed E-state index contributed by atoms with van der Waals surface area (Å²) < 4.78 is 0. The van der Waals surface area contributed by atoms with E-state index in [0.717, 1.165) is 18.9 Å². The molecule has 0 amide bonds. The van der Waals surface area contributed by atoms with Crippen LogP contribution in [0.25, 0.3) is 0 Å². The molecule has 0 unspecified atom stereocenters. The first-order chi connectivity index (χ1) is 8.79. The number of fused-ring (bicyclic) bond motifs is 1. The van der Waals surface area contributed by atoms with E-state index >= 15 is 0 Å². The zero-order valence-corrected chi connectivity index (χ0v) is 12.0. The molecule has 1 aromatic rings. The Morgan fingerprint density at radius 2 is 2.11 bits per heavy atom. The predicted octanol–water partition coefficient (Wildman–Crippen LogP) is 3.16. The van der Waals surface area contributed by atoms with E-state index in [9.17, 15) is 5.11 Å². The molecule has 0 radical (unpaired) electrons. The van der Waals surface area contributed by atoms with Gasteiger partial charge in [0, 0.05) is 11.5 Å². The highest BCUT2D eigenvalue weighted by Gasteiger charge is 2.51. The minimum Gasteiger partial charge on any atom is -0.508 e. The summed E-state index contributed by atoms with van der Waals surface area (Å²) in [6.45, 7) is 1.15. The second-order valence-corrected chi connectivity index (χ2v) is 6.36. The average molecular weight is 280 g/mol. The maximum Gasteiger partial charge on any atom is 0.115 e. The number of phenolic OH excluding ortho intramolecular Hbond substituents is 1. The van der Waals surface area contributed by atoms with Gasteiger partial charge in [0.25, 0.3) is 0 Å². The number of piperidine rings is 1. The lowest BCUT2D eigenvalue weighted by molar-refractivity contribution is 0.0795. The maximum atomic E-state index is 9.86. The molecule has 1 aromatic carbocycles. The van der Waals surface area contributed by atoms with E-state index in [0.29, 0.717) is 17.2 Å². The normalized spacial score (nSPS) is 35.8. The summed E-state index contributed by atoms with van der Waals surface area (Å²) in [7, 11) is 0. The molecule has 4 rings (SSSR count). The van der Waals surface area contributed by atoms with Crippen molar-refractivity contribution in [3.63, 3.8) is 0 Å². The molecule has 1 aliphatic heterocycles. The highest BCUT2D eigenvalue weighted by atomic mass is 35.5. The molecule has 0 spiro atoms. The third kappa shape index (κ3) is 1.80. The van der Waals surface area contributed by atoms with Crippen LogP contribution in [0, 0.1) is 5.92 Å². The minimum absolute atomic E-state index is 0. The van der Waals surface area contributed by atoms with Crippen molar-refractivity contribution < 1.29 is 5.11 Å². The van der Waals surface area contributed by atoms with Gasteiger partial charge in [-0.05, 0) is 61.4 Å². The van der Waals surface area contributed by atoms with Gasteiger partial charge in [0.1, 0.15) is 5.75 Å². The molecule has 19 heavy (non-hydrogen) atoms. The monoisotopic (exact) mass is 279 g/mol. The van der Waals surface area contributed by atoms with Gasteiger partial charge >= 0.3 is 0 Å².